The number of aliphatic carboxylic acids is 1. The monoisotopic (exact) mass is 335 g/mol. The Kier molecular flexibility index (Phi) is 5.13. The zero-order chi connectivity index (χ0) is 13.9. The van der Waals surface area contributed by atoms with E-state index in [9.17, 15) is 14.7 Å². The van der Waals surface area contributed by atoms with Gasteiger partial charge in [-0.05, 0) is 41.1 Å². The Hall–Kier alpha value is -1.11. The summed E-state index contributed by atoms with van der Waals surface area (Å²) in [4.78, 5) is 22.6. The Balaban J connectivity index is 2.87. The first-order valence-corrected chi connectivity index (χ1v) is 6.17. The van der Waals surface area contributed by atoms with Crippen molar-refractivity contribution in [3.8, 4) is 0 Å². The Morgan fingerprint density at radius 3 is 2.50 bits per heavy atom. The molecule has 0 unspecified atom stereocenters. The minimum atomic E-state index is -1.36. The van der Waals surface area contributed by atoms with Gasteiger partial charge in [0.05, 0.1) is 11.1 Å². The standard InChI is InChI=1S/C11H11BrClNO4/c1-5(15)9(11(17)18)14-10(16)6-2-3-7(12)8(13)4-6/h2-5,9,15H,1H3,(H,14,16)(H,17,18)/t5-,9+/m1/s1. The maximum absolute atomic E-state index is 11.8. The van der Waals surface area contributed by atoms with Crippen molar-refractivity contribution in [3.05, 3.63) is 33.3 Å². The molecule has 1 aromatic carbocycles. The van der Waals surface area contributed by atoms with Gasteiger partial charge in [0.25, 0.3) is 5.91 Å². The number of rotatable bonds is 4. The molecular weight excluding hydrogens is 325 g/mol. The van der Waals surface area contributed by atoms with Gasteiger partial charge in [-0.25, -0.2) is 4.79 Å². The summed E-state index contributed by atoms with van der Waals surface area (Å²) in [5.74, 6) is -1.92. The highest BCUT2D eigenvalue weighted by Crippen LogP contribution is 2.23. The smallest absolute Gasteiger partial charge is 0.328 e. The highest BCUT2D eigenvalue weighted by molar-refractivity contribution is 9.10. The van der Waals surface area contributed by atoms with Crippen molar-refractivity contribution < 1.29 is 19.8 Å². The molecule has 1 amide bonds. The molecule has 0 bridgehead atoms. The molecule has 0 saturated heterocycles. The molecule has 0 aliphatic carbocycles. The van der Waals surface area contributed by atoms with E-state index in [1.165, 1.54) is 19.1 Å². The van der Waals surface area contributed by atoms with Crippen LogP contribution in [0.4, 0.5) is 0 Å². The molecule has 0 heterocycles. The first kappa shape index (κ1) is 14.9. The summed E-state index contributed by atoms with van der Waals surface area (Å²) in [6.07, 6.45) is -1.20. The van der Waals surface area contributed by atoms with Crippen LogP contribution in [0.15, 0.2) is 22.7 Å². The molecule has 0 aromatic heterocycles. The van der Waals surface area contributed by atoms with E-state index in [0.29, 0.717) is 9.50 Å². The normalized spacial score (nSPS) is 13.8. The van der Waals surface area contributed by atoms with Gasteiger partial charge in [-0.2, -0.15) is 0 Å². The minimum Gasteiger partial charge on any atom is -0.480 e. The molecule has 3 N–H and O–H groups in total. The molecule has 7 heteroatoms. The van der Waals surface area contributed by atoms with Gasteiger partial charge in [-0.1, -0.05) is 11.6 Å². The highest BCUT2D eigenvalue weighted by Gasteiger charge is 2.25. The topological polar surface area (TPSA) is 86.6 Å². The summed E-state index contributed by atoms with van der Waals surface area (Å²) >= 11 is 9.00. The van der Waals surface area contributed by atoms with Crippen LogP contribution in [0, 0.1) is 0 Å². The number of carbonyl (C=O) groups is 2. The Morgan fingerprint density at radius 1 is 1.44 bits per heavy atom. The number of hydrogen-bond donors (Lipinski definition) is 3. The first-order valence-electron chi connectivity index (χ1n) is 4.99. The first-order chi connectivity index (χ1) is 8.32. The van der Waals surface area contributed by atoms with Crippen LogP contribution in [-0.4, -0.2) is 34.2 Å². The average molecular weight is 337 g/mol. The number of carbonyl (C=O) groups excluding carboxylic acids is 1. The van der Waals surface area contributed by atoms with Gasteiger partial charge in [0.15, 0.2) is 6.04 Å². The number of halogens is 2. The number of aliphatic hydroxyl groups excluding tert-OH is 1. The summed E-state index contributed by atoms with van der Waals surface area (Å²) in [6.45, 7) is 1.29. The number of aliphatic hydroxyl groups is 1. The third-order valence-corrected chi connectivity index (χ3v) is 3.45. The molecule has 1 aromatic rings. The zero-order valence-corrected chi connectivity index (χ0v) is 11.7. The summed E-state index contributed by atoms with van der Waals surface area (Å²) in [6, 6.07) is 3.11. The third kappa shape index (κ3) is 3.69. The van der Waals surface area contributed by atoms with Crippen LogP contribution in [-0.2, 0) is 4.79 Å². The number of hydrogen-bond acceptors (Lipinski definition) is 3. The van der Waals surface area contributed by atoms with Crippen molar-refractivity contribution in [2.75, 3.05) is 0 Å². The number of nitrogens with one attached hydrogen (secondary N) is 1. The SMILES string of the molecule is C[C@@H](O)[C@H](NC(=O)c1ccc(Br)c(Cl)c1)C(=O)O. The lowest BCUT2D eigenvalue weighted by Gasteiger charge is -2.17. The molecule has 0 aliphatic heterocycles. The molecule has 0 saturated carbocycles. The third-order valence-electron chi connectivity index (χ3n) is 2.22. The van der Waals surface area contributed by atoms with Gasteiger partial charge in [0.2, 0.25) is 0 Å². The van der Waals surface area contributed by atoms with E-state index in [1.807, 2.05) is 0 Å². The second kappa shape index (κ2) is 6.17. The van der Waals surface area contributed by atoms with E-state index in [1.54, 1.807) is 6.07 Å². The second-order valence-corrected chi connectivity index (χ2v) is 4.92. The summed E-state index contributed by atoms with van der Waals surface area (Å²) < 4.78 is 0.631. The van der Waals surface area contributed by atoms with Gasteiger partial charge in [-0.15, -0.1) is 0 Å². The van der Waals surface area contributed by atoms with Crippen molar-refractivity contribution in [3.63, 3.8) is 0 Å². The Labute approximate surface area is 117 Å². The van der Waals surface area contributed by atoms with Gasteiger partial charge < -0.3 is 15.5 Å². The van der Waals surface area contributed by atoms with Gasteiger partial charge >= 0.3 is 5.97 Å². The van der Waals surface area contributed by atoms with Crippen molar-refractivity contribution in [2.24, 2.45) is 0 Å². The predicted molar refractivity (Wildman–Crippen MR) is 69.7 cm³/mol. The molecule has 0 aliphatic rings. The molecule has 0 radical (unpaired) electrons. The van der Waals surface area contributed by atoms with E-state index >= 15 is 0 Å². The average Bonchev–Trinajstić information content (AvgIpc) is 2.28. The fourth-order valence-corrected chi connectivity index (χ4v) is 1.68. The molecule has 18 heavy (non-hydrogen) atoms. The molecular formula is C11H11BrClNO4. The van der Waals surface area contributed by atoms with E-state index in [-0.39, 0.29) is 5.56 Å². The van der Waals surface area contributed by atoms with Crippen LogP contribution in [0.1, 0.15) is 17.3 Å². The highest BCUT2D eigenvalue weighted by atomic mass is 79.9. The second-order valence-electron chi connectivity index (χ2n) is 3.66. The van der Waals surface area contributed by atoms with Crippen LogP contribution in [0.25, 0.3) is 0 Å². The van der Waals surface area contributed by atoms with Crippen LogP contribution in [0.3, 0.4) is 0 Å². The Morgan fingerprint density at radius 2 is 2.06 bits per heavy atom. The minimum absolute atomic E-state index is 0.218. The van der Waals surface area contributed by atoms with Gasteiger partial charge in [0, 0.05) is 10.0 Å². The maximum Gasteiger partial charge on any atom is 0.328 e. The fraction of sp³-hybridized carbons (Fsp3) is 0.273. The molecule has 0 fully saturated rings. The van der Waals surface area contributed by atoms with Crippen LogP contribution in [0.5, 0.6) is 0 Å². The van der Waals surface area contributed by atoms with Crippen molar-refractivity contribution >= 4 is 39.4 Å². The number of benzene rings is 1. The fourth-order valence-electron chi connectivity index (χ4n) is 1.25. The van der Waals surface area contributed by atoms with Crippen molar-refractivity contribution in [2.45, 2.75) is 19.1 Å². The molecule has 0 spiro atoms. The van der Waals surface area contributed by atoms with Crippen LogP contribution in [0.2, 0.25) is 5.02 Å². The number of amides is 1. The van der Waals surface area contributed by atoms with Crippen LogP contribution >= 0.6 is 27.5 Å². The lowest BCUT2D eigenvalue weighted by molar-refractivity contribution is -0.141. The van der Waals surface area contributed by atoms with Gasteiger partial charge in [-0.3, -0.25) is 4.79 Å². The van der Waals surface area contributed by atoms with E-state index < -0.39 is 24.0 Å². The summed E-state index contributed by atoms with van der Waals surface area (Å²) in [5.41, 5.74) is 0.218. The summed E-state index contributed by atoms with van der Waals surface area (Å²) in [5, 5.41) is 20.6. The number of carboxylic acid groups (broad SMARTS) is 1. The van der Waals surface area contributed by atoms with Crippen molar-refractivity contribution in [1.29, 1.82) is 0 Å². The van der Waals surface area contributed by atoms with E-state index in [0.717, 1.165) is 0 Å². The zero-order valence-electron chi connectivity index (χ0n) is 9.35. The predicted octanol–water partition coefficient (Wildman–Crippen LogP) is 1.67. The molecule has 98 valence electrons. The Bertz CT molecular complexity index is 478. The van der Waals surface area contributed by atoms with Crippen LogP contribution < -0.4 is 5.32 Å². The lowest BCUT2D eigenvalue weighted by atomic mass is 10.1. The van der Waals surface area contributed by atoms with E-state index in [4.69, 9.17) is 16.7 Å². The van der Waals surface area contributed by atoms with Gasteiger partial charge in [0.1, 0.15) is 0 Å². The van der Waals surface area contributed by atoms with Crippen molar-refractivity contribution in [1.82, 2.24) is 5.32 Å². The maximum atomic E-state index is 11.8. The molecule has 2 atom stereocenters. The number of carboxylic acids is 1. The molecule has 1 rings (SSSR count). The largest absolute Gasteiger partial charge is 0.480 e. The summed E-state index contributed by atoms with van der Waals surface area (Å²) in [7, 11) is 0. The lowest BCUT2D eigenvalue weighted by Crippen LogP contribution is -2.47. The van der Waals surface area contributed by atoms with E-state index in [2.05, 4.69) is 21.2 Å². The quantitative estimate of drug-likeness (QED) is 0.780. The molecule has 5 nitrogen and oxygen atoms in total.